The Morgan fingerprint density at radius 1 is 1.13 bits per heavy atom. The maximum absolute atomic E-state index is 12.9. The molecule has 1 amide bonds. The molecule has 156 valence electrons. The van der Waals surface area contributed by atoms with Crippen LogP contribution in [0.2, 0.25) is 0 Å². The zero-order chi connectivity index (χ0) is 21.5. The zero-order valence-corrected chi connectivity index (χ0v) is 15.3. The van der Waals surface area contributed by atoms with Crippen molar-refractivity contribution in [3.8, 4) is 16.9 Å². The first kappa shape index (κ1) is 19.7. The Bertz CT molecular complexity index is 1160. The molecule has 2 heterocycles. The molecule has 2 aromatic carbocycles. The number of hydrogen-bond acceptors (Lipinski definition) is 5. The fraction of sp³-hybridized carbons (Fsp3) is 0.263. The third-order valence-electron chi connectivity index (χ3n) is 4.88. The van der Waals surface area contributed by atoms with Crippen LogP contribution in [0.4, 0.5) is 18.0 Å². The molecule has 4 rings (SSSR count). The number of aromatic nitrogens is 3. The predicted octanol–water partition coefficient (Wildman–Crippen LogP) is 3.28. The topological polar surface area (TPSA) is 97.6 Å². The van der Waals surface area contributed by atoms with Crippen molar-refractivity contribution in [2.24, 2.45) is 0 Å². The molecule has 1 saturated heterocycles. The minimum Gasteiger partial charge on any atom is -0.465 e. The van der Waals surface area contributed by atoms with Crippen LogP contribution in [0.1, 0.15) is 12.5 Å². The third-order valence-corrected chi connectivity index (χ3v) is 4.88. The van der Waals surface area contributed by atoms with Gasteiger partial charge in [0.2, 0.25) is 0 Å². The van der Waals surface area contributed by atoms with E-state index in [2.05, 4.69) is 15.0 Å². The summed E-state index contributed by atoms with van der Waals surface area (Å²) in [4.78, 5) is 25.3. The van der Waals surface area contributed by atoms with Crippen LogP contribution >= 0.6 is 0 Å². The van der Waals surface area contributed by atoms with Gasteiger partial charge < -0.3 is 14.7 Å². The highest BCUT2D eigenvalue weighted by molar-refractivity contribution is 5.83. The maximum Gasteiger partial charge on any atom is 0.573 e. The number of nitrogens with zero attached hydrogens (tertiary/aromatic N) is 4. The largest absolute Gasteiger partial charge is 0.573 e. The van der Waals surface area contributed by atoms with Crippen molar-refractivity contribution >= 4 is 17.0 Å². The number of ether oxygens (including phenoxy) is 1. The Morgan fingerprint density at radius 3 is 2.47 bits per heavy atom. The molecule has 3 aromatic rings. The van der Waals surface area contributed by atoms with E-state index in [0.717, 1.165) is 0 Å². The molecule has 1 unspecified atom stereocenters. The minimum absolute atomic E-state index is 0.149. The Balaban J connectivity index is 1.66. The lowest BCUT2D eigenvalue weighted by molar-refractivity contribution is -0.274. The van der Waals surface area contributed by atoms with Crippen LogP contribution in [0.5, 0.6) is 5.75 Å². The molecule has 11 heteroatoms. The van der Waals surface area contributed by atoms with Gasteiger partial charge in [0.1, 0.15) is 11.3 Å². The summed E-state index contributed by atoms with van der Waals surface area (Å²) in [7, 11) is 0. The fourth-order valence-corrected chi connectivity index (χ4v) is 3.44. The van der Waals surface area contributed by atoms with Crippen LogP contribution in [-0.2, 0) is 0 Å². The van der Waals surface area contributed by atoms with E-state index >= 15 is 0 Å². The van der Waals surface area contributed by atoms with Crippen molar-refractivity contribution < 1.29 is 27.8 Å². The molecule has 30 heavy (non-hydrogen) atoms. The van der Waals surface area contributed by atoms with E-state index in [0.29, 0.717) is 29.6 Å². The van der Waals surface area contributed by atoms with Crippen LogP contribution < -0.4 is 10.3 Å². The number of amides is 1. The highest BCUT2D eigenvalue weighted by Crippen LogP contribution is 2.28. The Kier molecular flexibility index (Phi) is 4.80. The average Bonchev–Trinajstić information content (AvgIpc) is 3.18. The maximum atomic E-state index is 12.9. The van der Waals surface area contributed by atoms with Gasteiger partial charge in [-0.25, -0.2) is 9.48 Å². The molecule has 8 nitrogen and oxygen atoms in total. The second kappa shape index (κ2) is 7.32. The highest BCUT2D eigenvalue weighted by Gasteiger charge is 2.31. The van der Waals surface area contributed by atoms with E-state index in [1.807, 2.05) is 0 Å². The number of carbonyl (C=O) groups is 1. The summed E-state index contributed by atoms with van der Waals surface area (Å²) < 4.78 is 42.0. The van der Waals surface area contributed by atoms with E-state index < -0.39 is 24.1 Å². The molecule has 0 spiro atoms. The zero-order valence-electron chi connectivity index (χ0n) is 15.3. The van der Waals surface area contributed by atoms with E-state index in [9.17, 15) is 22.8 Å². The SMILES string of the molecule is O=C(O)N1CCC(n2nnc3ccc(-c4ccc(OC(F)(F)F)cc4)cc3c2=O)C1. The molecule has 0 saturated carbocycles. The Morgan fingerprint density at radius 2 is 1.83 bits per heavy atom. The Labute approximate surface area is 167 Å². The van der Waals surface area contributed by atoms with Gasteiger partial charge in [0.15, 0.2) is 0 Å². The number of hydrogen-bond donors (Lipinski definition) is 1. The van der Waals surface area contributed by atoms with E-state index in [-0.39, 0.29) is 17.7 Å². The first-order chi connectivity index (χ1) is 14.2. The second-order valence-electron chi connectivity index (χ2n) is 6.81. The molecule has 0 bridgehead atoms. The minimum atomic E-state index is -4.77. The quantitative estimate of drug-likeness (QED) is 0.699. The summed E-state index contributed by atoms with van der Waals surface area (Å²) in [5.41, 5.74) is 1.16. The van der Waals surface area contributed by atoms with Gasteiger partial charge in [0, 0.05) is 13.1 Å². The lowest BCUT2D eigenvalue weighted by atomic mass is 10.0. The van der Waals surface area contributed by atoms with Gasteiger partial charge >= 0.3 is 12.5 Å². The summed E-state index contributed by atoms with van der Waals surface area (Å²) in [6, 6.07) is 9.75. The number of likely N-dealkylation sites (tertiary alicyclic amines) is 1. The van der Waals surface area contributed by atoms with Gasteiger partial charge in [-0.1, -0.05) is 23.4 Å². The monoisotopic (exact) mass is 420 g/mol. The summed E-state index contributed by atoms with van der Waals surface area (Å²) in [5.74, 6) is -0.343. The van der Waals surface area contributed by atoms with Gasteiger partial charge in [-0.15, -0.1) is 18.3 Å². The molecule has 1 aliphatic rings. The summed E-state index contributed by atoms with van der Waals surface area (Å²) in [6.45, 7) is 0.453. The molecule has 1 fully saturated rings. The number of alkyl halides is 3. The number of halogens is 3. The molecule has 1 N–H and O–H groups in total. The lowest BCUT2D eigenvalue weighted by Gasteiger charge is -2.14. The summed E-state index contributed by atoms with van der Waals surface area (Å²) in [5, 5.41) is 17.4. The van der Waals surface area contributed by atoms with Crippen molar-refractivity contribution in [1.82, 2.24) is 19.9 Å². The summed E-state index contributed by atoms with van der Waals surface area (Å²) >= 11 is 0. The molecule has 1 atom stereocenters. The second-order valence-corrected chi connectivity index (χ2v) is 6.81. The molecule has 0 aliphatic carbocycles. The molecule has 1 aromatic heterocycles. The van der Waals surface area contributed by atoms with Crippen molar-refractivity contribution in [2.75, 3.05) is 13.1 Å². The van der Waals surface area contributed by atoms with Gasteiger partial charge in [-0.3, -0.25) is 4.79 Å². The number of benzene rings is 2. The van der Waals surface area contributed by atoms with Crippen molar-refractivity contribution in [3.05, 3.63) is 52.8 Å². The lowest BCUT2D eigenvalue weighted by Crippen LogP contribution is -2.32. The van der Waals surface area contributed by atoms with Gasteiger partial charge in [0.25, 0.3) is 5.56 Å². The molecular weight excluding hydrogens is 405 g/mol. The van der Waals surface area contributed by atoms with Crippen LogP contribution in [0.25, 0.3) is 22.0 Å². The van der Waals surface area contributed by atoms with Crippen LogP contribution in [0.15, 0.2) is 47.3 Å². The van der Waals surface area contributed by atoms with Gasteiger partial charge in [-0.05, 0) is 41.8 Å². The van der Waals surface area contributed by atoms with Crippen LogP contribution in [-0.4, -0.2) is 50.5 Å². The standard InChI is InChI=1S/C19H15F3N4O4/c20-19(21,22)30-14-4-1-11(2-5-14)12-3-6-16-15(9-12)17(27)26(24-23-16)13-7-8-25(10-13)18(28)29/h1-6,9,13H,7-8,10H2,(H,28,29). The number of rotatable bonds is 3. The van der Waals surface area contributed by atoms with Crippen LogP contribution in [0.3, 0.4) is 0 Å². The van der Waals surface area contributed by atoms with E-state index in [1.165, 1.54) is 33.8 Å². The smallest absolute Gasteiger partial charge is 0.465 e. The molecular formula is C19H15F3N4O4. The van der Waals surface area contributed by atoms with Gasteiger partial charge in [0.05, 0.1) is 11.4 Å². The van der Waals surface area contributed by atoms with Gasteiger partial charge in [-0.2, -0.15) is 0 Å². The van der Waals surface area contributed by atoms with E-state index in [1.54, 1.807) is 18.2 Å². The van der Waals surface area contributed by atoms with Crippen molar-refractivity contribution in [2.45, 2.75) is 18.8 Å². The molecule has 1 aliphatic heterocycles. The van der Waals surface area contributed by atoms with E-state index in [4.69, 9.17) is 5.11 Å². The van der Waals surface area contributed by atoms with Crippen molar-refractivity contribution in [1.29, 1.82) is 0 Å². The highest BCUT2D eigenvalue weighted by atomic mass is 19.4. The van der Waals surface area contributed by atoms with Crippen molar-refractivity contribution in [3.63, 3.8) is 0 Å². The predicted molar refractivity (Wildman–Crippen MR) is 99.2 cm³/mol. The number of fused-ring (bicyclic) bond motifs is 1. The van der Waals surface area contributed by atoms with Crippen LogP contribution in [0, 0.1) is 0 Å². The normalized spacial score (nSPS) is 16.8. The fourth-order valence-electron chi connectivity index (χ4n) is 3.44. The third kappa shape index (κ3) is 3.91. The first-order valence-electron chi connectivity index (χ1n) is 8.94. The molecule has 0 radical (unpaired) electrons. The number of carboxylic acid groups (broad SMARTS) is 1. The Hall–Kier alpha value is -3.63. The first-order valence-corrected chi connectivity index (χ1v) is 8.94. The summed E-state index contributed by atoms with van der Waals surface area (Å²) in [6.07, 6.45) is -5.38. The average molecular weight is 420 g/mol.